The van der Waals surface area contributed by atoms with E-state index >= 15 is 0 Å². The lowest BCUT2D eigenvalue weighted by atomic mass is 10.1. The molecule has 0 aromatic heterocycles. The molecule has 0 heterocycles. The highest BCUT2D eigenvalue weighted by atomic mass is 16.5. The molecule has 0 saturated heterocycles. The van der Waals surface area contributed by atoms with Crippen molar-refractivity contribution < 1.29 is 9.53 Å². The molecule has 2 aromatic carbocycles. The molecule has 0 amide bonds. The summed E-state index contributed by atoms with van der Waals surface area (Å²) in [6.45, 7) is 1.87. The number of hydrogen-bond donors (Lipinski definition) is 1. The molecule has 0 radical (unpaired) electrons. The van der Waals surface area contributed by atoms with Crippen molar-refractivity contribution in [3.05, 3.63) is 71.9 Å². The fourth-order valence-corrected chi connectivity index (χ4v) is 1.82. The molecule has 0 fully saturated rings. The first-order valence-electron chi connectivity index (χ1n) is 6.38. The van der Waals surface area contributed by atoms with Crippen LogP contribution in [0.1, 0.15) is 17.3 Å². The lowest BCUT2D eigenvalue weighted by molar-refractivity contribution is 0.104. The van der Waals surface area contributed by atoms with Crippen LogP contribution >= 0.6 is 0 Å². The standard InChI is InChI=1S/C17H17NO2/c1-13(12-17(19)14-6-4-3-5-7-14)18-15-8-10-16(20-2)11-9-15/h3-12,18H,1-2H3/b13-12-. The van der Waals surface area contributed by atoms with Crippen molar-refractivity contribution in [2.75, 3.05) is 12.4 Å². The van der Waals surface area contributed by atoms with E-state index in [4.69, 9.17) is 4.74 Å². The summed E-state index contributed by atoms with van der Waals surface area (Å²) in [7, 11) is 1.63. The number of carbonyl (C=O) groups excluding carboxylic acids is 1. The van der Waals surface area contributed by atoms with Crippen molar-refractivity contribution in [1.29, 1.82) is 0 Å². The van der Waals surface area contributed by atoms with Gasteiger partial charge in [0.2, 0.25) is 0 Å². The predicted octanol–water partition coefficient (Wildman–Crippen LogP) is 3.89. The minimum absolute atomic E-state index is 0.0101. The Labute approximate surface area is 118 Å². The highest BCUT2D eigenvalue weighted by Crippen LogP contribution is 2.16. The van der Waals surface area contributed by atoms with Gasteiger partial charge in [0, 0.05) is 23.0 Å². The molecule has 0 aliphatic heterocycles. The molecule has 1 N–H and O–H groups in total. The van der Waals surface area contributed by atoms with E-state index in [1.54, 1.807) is 25.3 Å². The van der Waals surface area contributed by atoms with Gasteiger partial charge in [-0.2, -0.15) is 0 Å². The molecule has 0 saturated carbocycles. The summed E-state index contributed by atoms with van der Waals surface area (Å²) in [4.78, 5) is 12.0. The average molecular weight is 267 g/mol. The van der Waals surface area contributed by atoms with Crippen LogP contribution in [-0.4, -0.2) is 12.9 Å². The molecule has 0 atom stereocenters. The highest BCUT2D eigenvalue weighted by Gasteiger charge is 2.02. The summed E-state index contributed by atoms with van der Waals surface area (Å²) in [5.41, 5.74) is 2.40. The lowest BCUT2D eigenvalue weighted by Crippen LogP contribution is -2.01. The Balaban J connectivity index is 2.05. The van der Waals surface area contributed by atoms with Gasteiger partial charge in [-0.3, -0.25) is 4.79 Å². The van der Waals surface area contributed by atoms with Crippen LogP contribution in [0.25, 0.3) is 0 Å². The van der Waals surface area contributed by atoms with Crippen molar-refractivity contribution in [3.8, 4) is 5.75 Å². The van der Waals surface area contributed by atoms with Gasteiger partial charge in [-0.1, -0.05) is 30.3 Å². The zero-order valence-corrected chi connectivity index (χ0v) is 11.6. The normalized spacial score (nSPS) is 11.0. The molecule has 2 aromatic rings. The zero-order valence-electron chi connectivity index (χ0n) is 11.6. The molecule has 0 unspecified atom stereocenters. The number of methoxy groups -OCH3 is 1. The van der Waals surface area contributed by atoms with Gasteiger partial charge < -0.3 is 10.1 Å². The maximum Gasteiger partial charge on any atom is 0.187 e. The Bertz CT molecular complexity index is 601. The zero-order chi connectivity index (χ0) is 14.4. The first-order valence-corrected chi connectivity index (χ1v) is 6.38. The summed E-state index contributed by atoms with van der Waals surface area (Å²) >= 11 is 0. The number of carbonyl (C=O) groups is 1. The smallest absolute Gasteiger partial charge is 0.187 e. The fourth-order valence-electron chi connectivity index (χ4n) is 1.82. The third kappa shape index (κ3) is 3.72. The molecule has 3 heteroatoms. The maximum atomic E-state index is 12.0. The SMILES string of the molecule is COc1ccc(N/C(C)=C\C(=O)c2ccccc2)cc1. The first-order chi connectivity index (χ1) is 9.69. The van der Waals surface area contributed by atoms with Crippen LogP contribution in [0, 0.1) is 0 Å². The van der Waals surface area contributed by atoms with E-state index < -0.39 is 0 Å². The number of benzene rings is 2. The number of anilines is 1. The molecule has 2 rings (SSSR count). The Hall–Kier alpha value is -2.55. The second-order valence-corrected chi connectivity index (χ2v) is 4.41. The van der Waals surface area contributed by atoms with Crippen molar-refractivity contribution in [3.63, 3.8) is 0 Å². The van der Waals surface area contributed by atoms with Gasteiger partial charge >= 0.3 is 0 Å². The van der Waals surface area contributed by atoms with E-state index in [1.807, 2.05) is 49.4 Å². The van der Waals surface area contributed by atoms with E-state index in [2.05, 4.69) is 5.32 Å². The van der Waals surface area contributed by atoms with E-state index in [-0.39, 0.29) is 5.78 Å². The summed E-state index contributed by atoms with van der Waals surface area (Å²) < 4.78 is 5.10. The van der Waals surface area contributed by atoms with Gasteiger partial charge in [0.05, 0.1) is 7.11 Å². The van der Waals surface area contributed by atoms with Crippen molar-refractivity contribution >= 4 is 11.5 Å². The first kappa shape index (κ1) is 13.9. The molecule has 102 valence electrons. The second-order valence-electron chi connectivity index (χ2n) is 4.41. The quantitative estimate of drug-likeness (QED) is 0.659. The lowest BCUT2D eigenvalue weighted by Gasteiger charge is -2.07. The Kier molecular flexibility index (Phi) is 4.56. The van der Waals surface area contributed by atoms with Crippen LogP contribution in [0.2, 0.25) is 0 Å². The number of ether oxygens (including phenoxy) is 1. The molecular weight excluding hydrogens is 250 g/mol. The van der Waals surface area contributed by atoms with Crippen molar-refractivity contribution in [1.82, 2.24) is 0 Å². The topological polar surface area (TPSA) is 38.3 Å². The average Bonchev–Trinajstić information content (AvgIpc) is 2.49. The molecule has 20 heavy (non-hydrogen) atoms. The maximum absolute atomic E-state index is 12.0. The monoisotopic (exact) mass is 267 g/mol. The molecule has 3 nitrogen and oxygen atoms in total. The highest BCUT2D eigenvalue weighted by molar-refractivity contribution is 6.05. The minimum atomic E-state index is -0.0101. The number of allylic oxidation sites excluding steroid dienone is 2. The minimum Gasteiger partial charge on any atom is -0.497 e. The number of ketones is 1. The van der Waals surface area contributed by atoms with Gasteiger partial charge in [-0.05, 0) is 31.2 Å². The molecule has 0 aliphatic rings. The van der Waals surface area contributed by atoms with Gasteiger partial charge in [0.25, 0.3) is 0 Å². The van der Waals surface area contributed by atoms with Crippen molar-refractivity contribution in [2.45, 2.75) is 6.92 Å². The Morgan fingerprint density at radius 1 is 1.05 bits per heavy atom. The van der Waals surface area contributed by atoms with Gasteiger partial charge in [0.15, 0.2) is 5.78 Å². The van der Waals surface area contributed by atoms with Gasteiger partial charge in [-0.15, -0.1) is 0 Å². The summed E-state index contributed by atoms with van der Waals surface area (Å²) in [5, 5.41) is 3.18. The van der Waals surface area contributed by atoms with Crippen LogP contribution in [0.3, 0.4) is 0 Å². The Morgan fingerprint density at radius 2 is 1.70 bits per heavy atom. The molecule has 0 aliphatic carbocycles. The third-order valence-corrected chi connectivity index (χ3v) is 2.84. The third-order valence-electron chi connectivity index (χ3n) is 2.84. The van der Waals surface area contributed by atoms with Crippen LogP contribution in [0.4, 0.5) is 5.69 Å². The molecular formula is C17H17NO2. The molecule has 0 bridgehead atoms. The van der Waals surface area contributed by atoms with E-state index in [0.717, 1.165) is 17.1 Å². The number of nitrogens with one attached hydrogen (secondary N) is 1. The van der Waals surface area contributed by atoms with Gasteiger partial charge in [0.1, 0.15) is 5.75 Å². The summed E-state index contributed by atoms with van der Waals surface area (Å²) in [6, 6.07) is 16.8. The van der Waals surface area contributed by atoms with Crippen LogP contribution in [-0.2, 0) is 0 Å². The van der Waals surface area contributed by atoms with Crippen molar-refractivity contribution in [2.24, 2.45) is 0 Å². The largest absolute Gasteiger partial charge is 0.497 e. The van der Waals surface area contributed by atoms with Crippen LogP contribution in [0.5, 0.6) is 5.75 Å². The molecule has 0 spiro atoms. The Morgan fingerprint density at radius 3 is 2.30 bits per heavy atom. The van der Waals surface area contributed by atoms with E-state index in [1.165, 1.54) is 0 Å². The van der Waals surface area contributed by atoms with E-state index in [9.17, 15) is 4.79 Å². The van der Waals surface area contributed by atoms with Gasteiger partial charge in [-0.25, -0.2) is 0 Å². The predicted molar refractivity (Wildman–Crippen MR) is 81.1 cm³/mol. The summed E-state index contributed by atoms with van der Waals surface area (Å²) in [6.07, 6.45) is 1.60. The van der Waals surface area contributed by atoms with Crippen LogP contribution < -0.4 is 10.1 Å². The number of hydrogen-bond acceptors (Lipinski definition) is 3. The fraction of sp³-hybridized carbons (Fsp3) is 0.118. The van der Waals surface area contributed by atoms with E-state index in [0.29, 0.717) is 5.56 Å². The number of rotatable bonds is 5. The van der Waals surface area contributed by atoms with Crippen LogP contribution in [0.15, 0.2) is 66.4 Å². The second kappa shape index (κ2) is 6.57. The summed E-state index contributed by atoms with van der Waals surface area (Å²) in [5.74, 6) is 0.793.